The van der Waals surface area contributed by atoms with Crippen molar-refractivity contribution in [3.05, 3.63) is 58.9 Å². The number of amides is 1. The molecule has 0 bridgehead atoms. The van der Waals surface area contributed by atoms with Crippen LogP contribution in [0.5, 0.6) is 5.75 Å². The largest absolute Gasteiger partial charge is 0.494 e. The minimum atomic E-state index is -0.485. The lowest BCUT2D eigenvalue weighted by Crippen LogP contribution is -2.39. The number of halogens is 2. The van der Waals surface area contributed by atoms with Crippen LogP contribution in [0.4, 0.5) is 10.1 Å². The molecule has 2 aromatic carbocycles. The summed E-state index contributed by atoms with van der Waals surface area (Å²) in [6.45, 7) is 3.60. The number of hydrogen-bond acceptors (Lipinski definition) is 3. The lowest BCUT2D eigenvalue weighted by atomic mass is 10.1. The van der Waals surface area contributed by atoms with E-state index in [9.17, 15) is 9.18 Å². The third-order valence-corrected chi connectivity index (χ3v) is 4.03. The average Bonchev–Trinajstić information content (AvgIpc) is 2.56. The minimum absolute atomic E-state index is 0.190. The van der Waals surface area contributed by atoms with Crippen LogP contribution in [0.25, 0.3) is 0 Å². The Morgan fingerprint density at radius 3 is 2.54 bits per heavy atom. The summed E-state index contributed by atoms with van der Waals surface area (Å²) in [4.78, 5) is 12.3. The molecule has 0 saturated heterocycles. The molecule has 2 aromatic rings. The molecule has 0 radical (unpaired) electrons. The predicted octanol–water partition coefficient (Wildman–Crippen LogP) is 4.17. The van der Waals surface area contributed by atoms with Crippen molar-refractivity contribution in [2.75, 3.05) is 12.4 Å². The van der Waals surface area contributed by atoms with Gasteiger partial charge in [0.15, 0.2) is 11.6 Å². The number of ether oxygens (including phenoxy) is 1. The van der Waals surface area contributed by atoms with Crippen LogP contribution in [0, 0.1) is 5.82 Å². The summed E-state index contributed by atoms with van der Waals surface area (Å²) in [6.07, 6.45) is 0. The van der Waals surface area contributed by atoms with Gasteiger partial charge in [0.1, 0.15) is 0 Å². The first-order valence-electron chi connectivity index (χ1n) is 7.57. The maximum atomic E-state index is 13.8. The van der Waals surface area contributed by atoms with E-state index in [1.54, 1.807) is 43.3 Å². The molecule has 1 amide bonds. The number of anilines is 1. The molecule has 128 valence electrons. The molecule has 0 spiro atoms. The van der Waals surface area contributed by atoms with Crippen molar-refractivity contribution in [1.82, 2.24) is 5.32 Å². The summed E-state index contributed by atoms with van der Waals surface area (Å²) in [5, 5.41) is 6.38. The molecule has 0 saturated carbocycles. The fourth-order valence-corrected chi connectivity index (χ4v) is 2.49. The van der Waals surface area contributed by atoms with Gasteiger partial charge in [0.25, 0.3) is 0 Å². The molecule has 24 heavy (non-hydrogen) atoms. The van der Waals surface area contributed by atoms with Gasteiger partial charge >= 0.3 is 0 Å². The third-order valence-electron chi connectivity index (χ3n) is 3.70. The highest BCUT2D eigenvalue weighted by Gasteiger charge is 2.18. The Hall–Kier alpha value is -2.11. The van der Waals surface area contributed by atoms with Crippen molar-refractivity contribution < 1.29 is 13.9 Å². The van der Waals surface area contributed by atoms with E-state index in [-0.39, 0.29) is 17.7 Å². The Morgan fingerprint density at radius 2 is 1.92 bits per heavy atom. The van der Waals surface area contributed by atoms with Gasteiger partial charge in [-0.2, -0.15) is 0 Å². The van der Waals surface area contributed by atoms with E-state index < -0.39 is 11.9 Å². The number of nitrogens with one attached hydrogen (secondary N) is 2. The Bertz CT molecular complexity index is 724. The third kappa shape index (κ3) is 4.46. The van der Waals surface area contributed by atoms with Gasteiger partial charge in [-0.15, -0.1) is 0 Å². The van der Waals surface area contributed by atoms with Crippen molar-refractivity contribution in [1.29, 1.82) is 0 Å². The standard InChI is InChI=1S/C18H20ClFN2O2/c1-11(13-8-9-17(24-3)15(20)10-13)21-12(2)18(23)22-16-7-5-4-6-14(16)19/h4-12,21H,1-3H3,(H,22,23). The van der Waals surface area contributed by atoms with E-state index in [0.717, 1.165) is 5.56 Å². The molecule has 0 aromatic heterocycles. The molecule has 0 aliphatic carbocycles. The zero-order chi connectivity index (χ0) is 17.7. The number of methoxy groups -OCH3 is 1. The molecule has 2 atom stereocenters. The molecule has 0 fully saturated rings. The van der Waals surface area contributed by atoms with E-state index >= 15 is 0 Å². The summed E-state index contributed by atoms with van der Waals surface area (Å²) >= 11 is 6.03. The molecule has 0 aliphatic rings. The number of hydrogen-bond donors (Lipinski definition) is 2. The number of benzene rings is 2. The lowest BCUT2D eigenvalue weighted by molar-refractivity contribution is -0.117. The van der Waals surface area contributed by atoms with Crippen LogP contribution in [-0.2, 0) is 4.79 Å². The normalized spacial score (nSPS) is 13.2. The molecule has 2 rings (SSSR count). The van der Waals surface area contributed by atoms with E-state index in [2.05, 4.69) is 10.6 Å². The van der Waals surface area contributed by atoms with Crippen molar-refractivity contribution in [2.24, 2.45) is 0 Å². The van der Waals surface area contributed by atoms with Crippen LogP contribution >= 0.6 is 11.6 Å². The number of carbonyl (C=O) groups excluding carboxylic acids is 1. The van der Waals surface area contributed by atoms with E-state index in [4.69, 9.17) is 16.3 Å². The first-order chi connectivity index (χ1) is 11.4. The predicted molar refractivity (Wildman–Crippen MR) is 94.0 cm³/mol. The first kappa shape index (κ1) is 18.2. The first-order valence-corrected chi connectivity index (χ1v) is 7.95. The molecule has 0 heterocycles. The zero-order valence-electron chi connectivity index (χ0n) is 13.8. The number of rotatable bonds is 6. The lowest BCUT2D eigenvalue weighted by Gasteiger charge is -2.20. The van der Waals surface area contributed by atoms with Gasteiger partial charge in [-0.3, -0.25) is 10.1 Å². The van der Waals surface area contributed by atoms with Gasteiger partial charge < -0.3 is 10.1 Å². The van der Waals surface area contributed by atoms with Crippen LogP contribution in [0.15, 0.2) is 42.5 Å². The van der Waals surface area contributed by atoms with Gasteiger partial charge in [-0.25, -0.2) is 4.39 Å². The molecule has 2 unspecified atom stereocenters. The number of carbonyl (C=O) groups is 1. The van der Waals surface area contributed by atoms with E-state index in [1.807, 2.05) is 6.92 Å². The summed E-state index contributed by atoms with van der Waals surface area (Å²) in [5.74, 6) is -0.462. The minimum Gasteiger partial charge on any atom is -0.494 e. The van der Waals surface area contributed by atoms with Crippen LogP contribution in [-0.4, -0.2) is 19.1 Å². The Kier molecular flexibility index (Phi) is 6.17. The van der Waals surface area contributed by atoms with Gasteiger partial charge in [-0.1, -0.05) is 29.8 Å². The van der Waals surface area contributed by atoms with E-state index in [0.29, 0.717) is 10.7 Å². The quantitative estimate of drug-likeness (QED) is 0.822. The fourth-order valence-electron chi connectivity index (χ4n) is 2.30. The summed E-state index contributed by atoms with van der Waals surface area (Å²) < 4.78 is 18.7. The average molecular weight is 351 g/mol. The van der Waals surface area contributed by atoms with Crippen molar-refractivity contribution in [2.45, 2.75) is 25.9 Å². The molecule has 0 aliphatic heterocycles. The van der Waals surface area contributed by atoms with Gasteiger partial charge in [-0.05, 0) is 43.7 Å². The molecular weight excluding hydrogens is 331 g/mol. The Morgan fingerprint density at radius 1 is 1.21 bits per heavy atom. The number of para-hydroxylation sites is 1. The van der Waals surface area contributed by atoms with Crippen LogP contribution in [0.2, 0.25) is 5.02 Å². The summed E-state index contributed by atoms with van der Waals surface area (Å²) in [7, 11) is 1.42. The molecule has 4 nitrogen and oxygen atoms in total. The highest BCUT2D eigenvalue weighted by molar-refractivity contribution is 6.33. The highest BCUT2D eigenvalue weighted by Crippen LogP contribution is 2.23. The van der Waals surface area contributed by atoms with Crippen LogP contribution in [0.1, 0.15) is 25.5 Å². The maximum absolute atomic E-state index is 13.8. The van der Waals surface area contributed by atoms with Crippen molar-refractivity contribution in [3.63, 3.8) is 0 Å². The second-order valence-electron chi connectivity index (χ2n) is 5.47. The second-order valence-corrected chi connectivity index (χ2v) is 5.88. The topological polar surface area (TPSA) is 50.4 Å². The van der Waals surface area contributed by atoms with E-state index in [1.165, 1.54) is 13.2 Å². The van der Waals surface area contributed by atoms with Gasteiger partial charge in [0.2, 0.25) is 5.91 Å². The monoisotopic (exact) mass is 350 g/mol. The summed E-state index contributed by atoms with van der Waals surface area (Å²) in [6, 6.07) is 11.1. The fraction of sp³-hybridized carbons (Fsp3) is 0.278. The maximum Gasteiger partial charge on any atom is 0.241 e. The van der Waals surface area contributed by atoms with Crippen molar-refractivity contribution >= 4 is 23.2 Å². The van der Waals surface area contributed by atoms with Crippen LogP contribution in [0.3, 0.4) is 0 Å². The second kappa shape index (κ2) is 8.13. The molecular formula is C18H20ClFN2O2. The van der Waals surface area contributed by atoms with Crippen LogP contribution < -0.4 is 15.4 Å². The molecule has 2 N–H and O–H groups in total. The van der Waals surface area contributed by atoms with Gasteiger partial charge in [0, 0.05) is 6.04 Å². The Balaban J connectivity index is 2.00. The summed E-state index contributed by atoms with van der Waals surface area (Å²) in [5.41, 5.74) is 1.28. The SMILES string of the molecule is COc1ccc(C(C)NC(C)C(=O)Nc2ccccc2Cl)cc1F. The van der Waals surface area contributed by atoms with Gasteiger partial charge in [0.05, 0.1) is 23.9 Å². The highest BCUT2D eigenvalue weighted by atomic mass is 35.5. The Labute approximate surface area is 146 Å². The zero-order valence-corrected chi connectivity index (χ0v) is 14.5. The molecule has 6 heteroatoms. The van der Waals surface area contributed by atoms with Crippen molar-refractivity contribution in [3.8, 4) is 5.75 Å². The smallest absolute Gasteiger partial charge is 0.241 e.